The summed E-state index contributed by atoms with van der Waals surface area (Å²) in [6, 6.07) is 0. The van der Waals surface area contributed by atoms with Crippen LogP contribution in [0.2, 0.25) is 0 Å². The van der Waals surface area contributed by atoms with Crippen LogP contribution in [0.1, 0.15) is 73.6 Å². The van der Waals surface area contributed by atoms with E-state index in [9.17, 15) is 0 Å². The number of halogens is 1. The Hall–Kier alpha value is -0.820. The molecule has 0 amide bonds. The zero-order valence-corrected chi connectivity index (χ0v) is 14.8. The number of nitrogens with zero attached hydrogens (tertiary/aromatic N) is 1. The van der Waals surface area contributed by atoms with Gasteiger partial charge in [0.2, 0.25) is 0 Å². The van der Waals surface area contributed by atoms with Gasteiger partial charge in [0.25, 0.3) is 0 Å². The first-order chi connectivity index (χ1) is 9.42. The van der Waals surface area contributed by atoms with Crippen LogP contribution < -0.4 is 0 Å². The van der Waals surface area contributed by atoms with Gasteiger partial charge in [0.15, 0.2) is 0 Å². The Morgan fingerprint density at radius 1 is 1.05 bits per heavy atom. The van der Waals surface area contributed by atoms with Crippen LogP contribution in [0.25, 0.3) is 0 Å². The van der Waals surface area contributed by atoms with Crippen LogP contribution in [0, 0.1) is 0 Å². The molecule has 0 radical (unpaired) electrons. The molecule has 0 unspecified atom stereocenters. The highest BCUT2D eigenvalue weighted by atomic mass is 35.5. The quantitative estimate of drug-likeness (QED) is 0.345. The Balaban J connectivity index is 5.33. The molecule has 0 heterocycles. The minimum absolute atomic E-state index is 0.826. The number of unbranched alkanes of at least 4 members (excludes halogenated alkanes) is 2. The standard InChI is InChI=1S/C18H30ClN/c1-7-9-11-14(3)18(13-15(4)17(6)19)20-16(5)12-10-8-2/h11,13H,7-10,12H2,1-6H3/b14-11+,17-15+,18-13+,20-16?. The maximum absolute atomic E-state index is 6.07. The lowest BCUT2D eigenvalue weighted by molar-refractivity contribution is 0.832. The molecule has 0 atom stereocenters. The Morgan fingerprint density at radius 2 is 1.70 bits per heavy atom. The van der Waals surface area contributed by atoms with E-state index in [0.717, 1.165) is 35.6 Å². The maximum Gasteiger partial charge on any atom is 0.0657 e. The van der Waals surface area contributed by atoms with Crippen molar-refractivity contribution in [2.75, 3.05) is 0 Å². The second-order valence-electron chi connectivity index (χ2n) is 5.37. The van der Waals surface area contributed by atoms with E-state index in [2.05, 4.69) is 39.8 Å². The first-order valence-corrected chi connectivity index (χ1v) is 8.06. The van der Waals surface area contributed by atoms with E-state index in [0.29, 0.717) is 0 Å². The van der Waals surface area contributed by atoms with Crippen LogP contribution in [0.4, 0.5) is 0 Å². The van der Waals surface area contributed by atoms with Crippen LogP contribution >= 0.6 is 11.6 Å². The third-order valence-electron chi connectivity index (χ3n) is 3.24. The van der Waals surface area contributed by atoms with Gasteiger partial charge in [-0.15, -0.1) is 0 Å². The molecule has 0 saturated carbocycles. The molecule has 0 saturated heterocycles. The second-order valence-corrected chi connectivity index (χ2v) is 5.94. The topological polar surface area (TPSA) is 12.4 Å². The van der Waals surface area contributed by atoms with Crippen LogP contribution in [0.5, 0.6) is 0 Å². The average molecular weight is 296 g/mol. The van der Waals surface area contributed by atoms with Gasteiger partial charge in [-0.2, -0.15) is 0 Å². The molecule has 0 N–H and O–H groups in total. The van der Waals surface area contributed by atoms with E-state index in [1.165, 1.54) is 24.1 Å². The number of aliphatic imine (C=N–C) groups is 1. The molecule has 0 rings (SSSR count). The molecule has 0 spiro atoms. The largest absolute Gasteiger partial charge is 0.258 e. The average Bonchev–Trinajstić information content (AvgIpc) is 2.41. The lowest BCUT2D eigenvalue weighted by Gasteiger charge is -2.07. The summed E-state index contributed by atoms with van der Waals surface area (Å²) in [6.45, 7) is 12.6. The number of allylic oxidation sites excluding steroid dienone is 5. The van der Waals surface area contributed by atoms with Gasteiger partial charge in [-0.1, -0.05) is 44.4 Å². The molecule has 1 nitrogen and oxygen atoms in total. The van der Waals surface area contributed by atoms with Crippen molar-refractivity contribution < 1.29 is 0 Å². The summed E-state index contributed by atoms with van der Waals surface area (Å²) in [6.07, 6.45) is 10.1. The van der Waals surface area contributed by atoms with Gasteiger partial charge in [0.05, 0.1) is 5.70 Å². The van der Waals surface area contributed by atoms with Crippen LogP contribution in [-0.4, -0.2) is 5.71 Å². The second kappa shape index (κ2) is 10.9. The zero-order valence-electron chi connectivity index (χ0n) is 14.0. The summed E-state index contributed by atoms with van der Waals surface area (Å²) >= 11 is 6.07. The molecule has 0 aliphatic heterocycles. The Kier molecular flexibility index (Phi) is 10.5. The van der Waals surface area contributed by atoms with E-state index in [1.54, 1.807) is 0 Å². The van der Waals surface area contributed by atoms with Crippen LogP contribution in [0.15, 0.2) is 39.0 Å². The molecule has 0 aromatic heterocycles. The molecule has 0 aromatic rings. The summed E-state index contributed by atoms with van der Waals surface area (Å²) in [7, 11) is 0. The monoisotopic (exact) mass is 295 g/mol. The third kappa shape index (κ3) is 8.37. The Labute approximate surface area is 130 Å². The molecule has 0 aromatic carbocycles. The fourth-order valence-corrected chi connectivity index (χ4v) is 1.75. The van der Waals surface area contributed by atoms with Crippen molar-refractivity contribution in [2.24, 2.45) is 4.99 Å². The lowest BCUT2D eigenvalue weighted by Crippen LogP contribution is -1.94. The third-order valence-corrected chi connectivity index (χ3v) is 3.54. The van der Waals surface area contributed by atoms with Crippen LogP contribution in [0.3, 0.4) is 0 Å². The SMILES string of the molecule is CCC/C=C(C)/C(=C\C(C)=C(/C)Cl)N=C(C)CCCC. The summed E-state index contributed by atoms with van der Waals surface area (Å²) in [5.74, 6) is 0. The number of hydrogen-bond donors (Lipinski definition) is 0. The van der Waals surface area contributed by atoms with Crippen molar-refractivity contribution in [3.05, 3.63) is 34.0 Å². The molecule has 20 heavy (non-hydrogen) atoms. The highest BCUT2D eigenvalue weighted by Gasteiger charge is 2.02. The minimum atomic E-state index is 0.826. The van der Waals surface area contributed by atoms with Gasteiger partial charge in [-0.25, -0.2) is 0 Å². The molecular weight excluding hydrogens is 266 g/mol. The van der Waals surface area contributed by atoms with Gasteiger partial charge < -0.3 is 0 Å². The van der Waals surface area contributed by atoms with Crippen molar-refractivity contribution in [2.45, 2.75) is 73.6 Å². The molecule has 0 bridgehead atoms. The zero-order chi connectivity index (χ0) is 15.5. The maximum atomic E-state index is 6.07. The highest BCUT2D eigenvalue weighted by Crippen LogP contribution is 2.19. The summed E-state index contributed by atoms with van der Waals surface area (Å²) < 4.78 is 0. The first kappa shape index (κ1) is 19.2. The number of hydrogen-bond acceptors (Lipinski definition) is 1. The predicted octanol–water partition coefficient (Wildman–Crippen LogP) is 6.80. The van der Waals surface area contributed by atoms with Gasteiger partial charge >= 0.3 is 0 Å². The fraction of sp³-hybridized carbons (Fsp3) is 0.611. The summed E-state index contributed by atoms with van der Waals surface area (Å²) in [4.78, 5) is 4.81. The Morgan fingerprint density at radius 3 is 2.20 bits per heavy atom. The van der Waals surface area contributed by atoms with Crippen molar-refractivity contribution in [1.82, 2.24) is 0 Å². The van der Waals surface area contributed by atoms with Gasteiger partial charge in [0.1, 0.15) is 0 Å². The van der Waals surface area contributed by atoms with Crippen molar-refractivity contribution in [1.29, 1.82) is 0 Å². The highest BCUT2D eigenvalue weighted by molar-refractivity contribution is 6.29. The molecule has 0 aliphatic carbocycles. The van der Waals surface area contributed by atoms with E-state index < -0.39 is 0 Å². The van der Waals surface area contributed by atoms with E-state index in [1.807, 2.05) is 13.8 Å². The van der Waals surface area contributed by atoms with E-state index in [-0.39, 0.29) is 0 Å². The fourth-order valence-electron chi connectivity index (χ4n) is 1.70. The molecule has 0 fully saturated rings. The Bertz CT molecular complexity index is 407. The van der Waals surface area contributed by atoms with Crippen molar-refractivity contribution >= 4 is 17.3 Å². The van der Waals surface area contributed by atoms with E-state index >= 15 is 0 Å². The van der Waals surface area contributed by atoms with Gasteiger partial charge in [-0.3, -0.25) is 4.99 Å². The predicted molar refractivity (Wildman–Crippen MR) is 93.6 cm³/mol. The van der Waals surface area contributed by atoms with E-state index in [4.69, 9.17) is 16.6 Å². The van der Waals surface area contributed by atoms with Crippen LogP contribution in [-0.2, 0) is 0 Å². The van der Waals surface area contributed by atoms with Gasteiger partial charge in [-0.05, 0) is 64.2 Å². The summed E-state index contributed by atoms with van der Waals surface area (Å²) in [5.41, 5.74) is 4.56. The first-order valence-electron chi connectivity index (χ1n) is 7.68. The molecule has 0 aliphatic rings. The summed E-state index contributed by atoms with van der Waals surface area (Å²) in [5, 5.41) is 0.826. The molecule has 2 heteroatoms. The minimum Gasteiger partial charge on any atom is -0.258 e. The normalized spacial score (nSPS) is 15.4. The smallest absolute Gasteiger partial charge is 0.0657 e. The van der Waals surface area contributed by atoms with Gasteiger partial charge in [0, 0.05) is 10.7 Å². The number of rotatable bonds is 8. The van der Waals surface area contributed by atoms with Crippen molar-refractivity contribution in [3.8, 4) is 0 Å². The molecule has 114 valence electrons. The lowest BCUT2D eigenvalue weighted by atomic mass is 10.1. The van der Waals surface area contributed by atoms with Crippen molar-refractivity contribution in [3.63, 3.8) is 0 Å². The molecular formula is C18H30ClN.